The predicted molar refractivity (Wildman–Crippen MR) is 63.7 cm³/mol. The topological polar surface area (TPSA) is 121 Å². The maximum Gasteiger partial charge on any atom is 0.121 e. The molecule has 2 unspecified atom stereocenters. The first kappa shape index (κ1) is 15.8. The highest BCUT2D eigenvalue weighted by Crippen LogP contribution is 2.34. The molecular formula is C12H24O6. The summed E-state index contributed by atoms with van der Waals surface area (Å²) < 4.78 is 0. The van der Waals surface area contributed by atoms with Crippen LogP contribution >= 0.6 is 0 Å². The normalized spacial score (nSPS) is 45.2. The molecule has 0 aromatic heterocycles. The molecule has 108 valence electrons. The van der Waals surface area contributed by atoms with Crippen molar-refractivity contribution >= 4 is 0 Å². The maximum absolute atomic E-state index is 10.2. The van der Waals surface area contributed by atoms with Gasteiger partial charge in [0.05, 0.1) is 0 Å². The number of rotatable bonds is 5. The van der Waals surface area contributed by atoms with Gasteiger partial charge in [-0.1, -0.05) is 32.6 Å². The largest absolute Gasteiger partial charge is 0.387 e. The van der Waals surface area contributed by atoms with E-state index in [2.05, 4.69) is 0 Å². The lowest BCUT2D eigenvalue weighted by Crippen LogP contribution is -2.70. The van der Waals surface area contributed by atoms with Crippen molar-refractivity contribution in [2.24, 2.45) is 0 Å². The molecule has 6 heteroatoms. The standard InChI is InChI=1S/C12H24O6/c1-2-3-4-5-6-12(18)10(16)8(14)7(13)9(15)11(12)17/h7-11,13-18H,2-6H2,1H3/t7?,8-,9+,10-,11-,12?/m1/s1. The molecule has 0 aromatic rings. The first-order valence-electron chi connectivity index (χ1n) is 6.49. The van der Waals surface area contributed by atoms with Crippen LogP contribution in [-0.4, -0.2) is 66.8 Å². The van der Waals surface area contributed by atoms with Gasteiger partial charge in [-0.3, -0.25) is 0 Å². The fraction of sp³-hybridized carbons (Fsp3) is 1.00. The number of aliphatic hydroxyl groups is 6. The van der Waals surface area contributed by atoms with E-state index < -0.39 is 36.1 Å². The van der Waals surface area contributed by atoms with Crippen LogP contribution < -0.4 is 0 Å². The fourth-order valence-electron chi connectivity index (χ4n) is 2.47. The molecule has 6 nitrogen and oxygen atoms in total. The van der Waals surface area contributed by atoms with Crippen molar-refractivity contribution in [2.75, 3.05) is 0 Å². The summed E-state index contributed by atoms with van der Waals surface area (Å²) in [6.07, 6.45) is -4.91. The minimum Gasteiger partial charge on any atom is -0.387 e. The smallest absolute Gasteiger partial charge is 0.121 e. The van der Waals surface area contributed by atoms with Gasteiger partial charge in [0.1, 0.15) is 36.1 Å². The van der Waals surface area contributed by atoms with Gasteiger partial charge in [-0.2, -0.15) is 0 Å². The Morgan fingerprint density at radius 3 is 1.72 bits per heavy atom. The van der Waals surface area contributed by atoms with Crippen molar-refractivity contribution in [3.05, 3.63) is 0 Å². The third-order valence-corrected chi connectivity index (χ3v) is 3.80. The molecule has 1 aliphatic rings. The van der Waals surface area contributed by atoms with E-state index in [4.69, 9.17) is 0 Å². The number of unbranched alkanes of at least 4 members (excludes halogenated alkanes) is 3. The molecule has 1 fully saturated rings. The lowest BCUT2D eigenvalue weighted by atomic mass is 9.72. The van der Waals surface area contributed by atoms with Gasteiger partial charge in [0, 0.05) is 0 Å². The maximum atomic E-state index is 10.2. The van der Waals surface area contributed by atoms with Gasteiger partial charge in [0.2, 0.25) is 0 Å². The summed E-state index contributed by atoms with van der Waals surface area (Å²) in [6, 6.07) is 0. The van der Waals surface area contributed by atoms with E-state index in [1.165, 1.54) is 0 Å². The van der Waals surface area contributed by atoms with Gasteiger partial charge in [0.15, 0.2) is 0 Å². The van der Waals surface area contributed by atoms with Crippen LogP contribution in [0.25, 0.3) is 0 Å². The lowest BCUT2D eigenvalue weighted by Gasteiger charge is -2.47. The van der Waals surface area contributed by atoms with Crippen LogP contribution in [-0.2, 0) is 0 Å². The molecule has 0 heterocycles. The van der Waals surface area contributed by atoms with Crippen molar-refractivity contribution in [1.29, 1.82) is 0 Å². The van der Waals surface area contributed by atoms with E-state index in [9.17, 15) is 30.6 Å². The van der Waals surface area contributed by atoms with Crippen molar-refractivity contribution in [1.82, 2.24) is 0 Å². The van der Waals surface area contributed by atoms with Gasteiger partial charge in [-0.05, 0) is 6.42 Å². The molecule has 6 atom stereocenters. The molecule has 1 saturated carbocycles. The summed E-state index contributed by atoms with van der Waals surface area (Å²) in [5.41, 5.74) is -1.98. The van der Waals surface area contributed by atoms with Crippen LogP contribution in [0, 0.1) is 0 Å². The number of hydrogen-bond donors (Lipinski definition) is 6. The van der Waals surface area contributed by atoms with E-state index >= 15 is 0 Å². The average Bonchev–Trinajstić information content (AvgIpc) is 2.37. The zero-order chi connectivity index (χ0) is 13.9. The van der Waals surface area contributed by atoms with Gasteiger partial charge >= 0.3 is 0 Å². The molecule has 18 heavy (non-hydrogen) atoms. The van der Waals surface area contributed by atoms with Crippen molar-refractivity contribution in [3.63, 3.8) is 0 Å². The van der Waals surface area contributed by atoms with Crippen molar-refractivity contribution in [3.8, 4) is 0 Å². The van der Waals surface area contributed by atoms with Crippen molar-refractivity contribution < 1.29 is 30.6 Å². The first-order chi connectivity index (χ1) is 8.36. The molecule has 1 aliphatic carbocycles. The van der Waals surface area contributed by atoms with E-state index in [1.807, 2.05) is 6.92 Å². The number of aliphatic hydroxyl groups excluding tert-OH is 5. The fourth-order valence-corrected chi connectivity index (χ4v) is 2.47. The second-order valence-corrected chi connectivity index (χ2v) is 5.16. The zero-order valence-corrected chi connectivity index (χ0v) is 10.6. The summed E-state index contributed by atoms with van der Waals surface area (Å²) in [5, 5.41) is 58.3. The highest BCUT2D eigenvalue weighted by atomic mass is 16.4. The Morgan fingerprint density at radius 2 is 1.28 bits per heavy atom. The highest BCUT2D eigenvalue weighted by molar-refractivity contribution is 5.08. The molecule has 0 saturated heterocycles. The summed E-state index contributed by atoms with van der Waals surface area (Å²) in [7, 11) is 0. The second kappa shape index (κ2) is 6.27. The molecule has 0 aromatic carbocycles. The van der Waals surface area contributed by atoms with Crippen LogP contribution in [0.4, 0.5) is 0 Å². The van der Waals surface area contributed by atoms with E-state index in [0.717, 1.165) is 19.3 Å². The van der Waals surface area contributed by atoms with Crippen molar-refractivity contribution in [2.45, 2.75) is 75.1 Å². The average molecular weight is 264 g/mol. The SMILES string of the molecule is CCCCCCC1(O)[C@H](O)[C@H](O)C(O)[C@H](O)[C@H]1O. The predicted octanol–water partition coefficient (Wildman–Crippen LogP) is -1.49. The summed E-state index contributed by atoms with van der Waals surface area (Å²) in [4.78, 5) is 0. The molecule has 0 spiro atoms. The highest BCUT2D eigenvalue weighted by Gasteiger charge is 2.56. The molecule has 6 N–H and O–H groups in total. The minimum atomic E-state index is -1.98. The van der Waals surface area contributed by atoms with E-state index in [1.54, 1.807) is 0 Å². The van der Waals surface area contributed by atoms with Crippen LogP contribution in [0.15, 0.2) is 0 Å². The van der Waals surface area contributed by atoms with Gasteiger partial charge < -0.3 is 30.6 Å². The zero-order valence-electron chi connectivity index (χ0n) is 10.6. The van der Waals surface area contributed by atoms with E-state index in [0.29, 0.717) is 6.42 Å². The Morgan fingerprint density at radius 1 is 0.778 bits per heavy atom. The third kappa shape index (κ3) is 2.84. The molecule has 0 radical (unpaired) electrons. The summed E-state index contributed by atoms with van der Waals surface area (Å²) in [6.45, 7) is 2.03. The Balaban J connectivity index is 2.70. The molecule has 0 amide bonds. The van der Waals surface area contributed by atoms with E-state index in [-0.39, 0.29) is 6.42 Å². The Hall–Kier alpha value is -0.240. The monoisotopic (exact) mass is 264 g/mol. The van der Waals surface area contributed by atoms with Crippen LogP contribution in [0.5, 0.6) is 0 Å². The van der Waals surface area contributed by atoms with Gasteiger partial charge in [-0.25, -0.2) is 0 Å². The molecular weight excluding hydrogens is 240 g/mol. The molecule has 1 rings (SSSR count). The third-order valence-electron chi connectivity index (χ3n) is 3.80. The molecule has 0 bridgehead atoms. The summed E-state index contributed by atoms with van der Waals surface area (Å²) in [5.74, 6) is 0. The lowest BCUT2D eigenvalue weighted by molar-refractivity contribution is -0.270. The Bertz CT molecular complexity index is 243. The Labute approximate surface area is 107 Å². The van der Waals surface area contributed by atoms with Crippen LogP contribution in [0.2, 0.25) is 0 Å². The van der Waals surface area contributed by atoms with Gasteiger partial charge in [-0.15, -0.1) is 0 Å². The van der Waals surface area contributed by atoms with Crippen LogP contribution in [0.3, 0.4) is 0 Å². The van der Waals surface area contributed by atoms with Gasteiger partial charge in [0.25, 0.3) is 0 Å². The molecule has 0 aliphatic heterocycles. The van der Waals surface area contributed by atoms with Crippen LogP contribution in [0.1, 0.15) is 39.0 Å². The number of hydrogen-bond acceptors (Lipinski definition) is 6. The second-order valence-electron chi connectivity index (χ2n) is 5.16. The quantitative estimate of drug-likeness (QED) is 0.336. The Kier molecular flexibility index (Phi) is 5.51. The first-order valence-corrected chi connectivity index (χ1v) is 6.49. The summed E-state index contributed by atoms with van der Waals surface area (Å²) >= 11 is 0. The minimum absolute atomic E-state index is 0.0656.